The van der Waals surface area contributed by atoms with Gasteiger partial charge in [-0.2, -0.15) is 0 Å². The minimum Gasteiger partial charge on any atom is -0.466 e. The largest absolute Gasteiger partial charge is 0.466 e. The summed E-state index contributed by atoms with van der Waals surface area (Å²) < 4.78 is 12.1. The molecule has 7 heteroatoms. The monoisotopic (exact) mass is 461 g/mol. The zero-order chi connectivity index (χ0) is 24.3. The number of aryl methyl sites for hydroxylation is 1. The molecule has 34 heavy (non-hydrogen) atoms. The lowest BCUT2D eigenvalue weighted by molar-refractivity contribution is -0.142. The molecule has 0 saturated carbocycles. The van der Waals surface area contributed by atoms with E-state index in [4.69, 9.17) is 14.5 Å². The molecule has 4 rings (SSSR count). The molecule has 0 spiro atoms. The van der Waals surface area contributed by atoms with Gasteiger partial charge in [-0.1, -0.05) is 12.1 Å². The Kier molecular flexibility index (Phi) is 6.72. The van der Waals surface area contributed by atoms with Crippen molar-refractivity contribution in [2.45, 2.75) is 59.0 Å². The highest BCUT2D eigenvalue weighted by Crippen LogP contribution is 2.34. The van der Waals surface area contributed by atoms with Crippen LogP contribution in [0.5, 0.6) is 0 Å². The summed E-state index contributed by atoms with van der Waals surface area (Å²) in [5.41, 5.74) is 5.88. The number of ether oxygens (including phenoxy) is 2. The van der Waals surface area contributed by atoms with Crippen LogP contribution in [0, 0.1) is 0 Å². The molecular formula is C27H31N3O4. The maximum Gasteiger partial charge on any atom is 0.419 e. The van der Waals surface area contributed by atoms with Crippen molar-refractivity contribution in [3.05, 3.63) is 65.5 Å². The maximum atomic E-state index is 12.7. The van der Waals surface area contributed by atoms with E-state index in [1.807, 2.05) is 63.2 Å². The van der Waals surface area contributed by atoms with Gasteiger partial charge in [-0.25, -0.2) is 4.79 Å². The van der Waals surface area contributed by atoms with E-state index in [0.717, 1.165) is 47.6 Å². The standard InChI is InChI=1S/C27H31N3O4/c1-5-33-25(31)16-18-11-13-19(14-12-18)28-22-17-23(29-21-9-6-8-20(21)22)24-10-7-15-30(24)26(32)34-27(2,3)4/h7,10-15,17H,5-6,8-9,16H2,1-4H3,(H,28,29). The topological polar surface area (TPSA) is 82.5 Å². The van der Waals surface area contributed by atoms with Gasteiger partial charge in [-0.15, -0.1) is 0 Å². The molecule has 0 atom stereocenters. The summed E-state index contributed by atoms with van der Waals surface area (Å²) in [7, 11) is 0. The van der Waals surface area contributed by atoms with Gasteiger partial charge < -0.3 is 14.8 Å². The third-order valence-corrected chi connectivity index (χ3v) is 5.54. The summed E-state index contributed by atoms with van der Waals surface area (Å²) in [6.45, 7) is 7.73. The van der Waals surface area contributed by atoms with Crippen molar-refractivity contribution in [1.82, 2.24) is 9.55 Å². The minimum absolute atomic E-state index is 0.229. The van der Waals surface area contributed by atoms with Crippen LogP contribution < -0.4 is 5.32 Å². The van der Waals surface area contributed by atoms with Crippen LogP contribution in [-0.2, 0) is 33.5 Å². The predicted molar refractivity (Wildman–Crippen MR) is 131 cm³/mol. The number of pyridine rings is 1. The highest BCUT2D eigenvalue weighted by molar-refractivity contribution is 5.80. The fraction of sp³-hybridized carbons (Fsp3) is 0.370. The van der Waals surface area contributed by atoms with Crippen molar-refractivity contribution in [1.29, 1.82) is 0 Å². The number of benzene rings is 1. The number of nitrogens with one attached hydrogen (secondary N) is 1. The van der Waals surface area contributed by atoms with Gasteiger partial charge in [0.05, 0.1) is 24.4 Å². The van der Waals surface area contributed by atoms with Gasteiger partial charge >= 0.3 is 12.1 Å². The lowest BCUT2D eigenvalue weighted by Gasteiger charge is -2.20. The highest BCUT2D eigenvalue weighted by Gasteiger charge is 2.23. The van der Waals surface area contributed by atoms with Gasteiger partial charge in [0.1, 0.15) is 5.60 Å². The number of carbonyl (C=O) groups excluding carboxylic acids is 2. The summed E-state index contributed by atoms with van der Waals surface area (Å²) in [5, 5.41) is 3.52. The van der Waals surface area contributed by atoms with Gasteiger partial charge in [0, 0.05) is 23.3 Å². The van der Waals surface area contributed by atoms with Gasteiger partial charge in [0.15, 0.2) is 0 Å². The second kappa shape index (κ2) is 9.71. The van der Waals surface area contributed by atoms with Crippen LogP contribution in [0.4, 0.5) is 16.2 Å². The summed E-state index contributed by atoms with van der Waals surface area (Å²) in [6.07, 6.45) is 4.44. The van der Waals surface area contributed by atoms with Crippen LogP contribution in [0.25, 0.3) is 11.4 Å². The van der Waals surface area contributed by atoms with Crippen LogP contribution in [0.1, 0.15) is 50.9 Å². The molecule has 2 aromatic heterocycles. The van der Waals surface area contributed by atoms with Crippen molar-refractivity contribution >= 4 is 23.4 Å². The quantitative estimate of drug-likeness (QED) is 0.476. The number of aromatic nitrogens is 2. The molecule has 1 aromatic carbocycles. The Hall–Kier alpha value is -3.61. The molecule has 0 radical (unpaired) electrons. The molecule has 0 aliphatic heterocycles. The van der Waals surface area contributed by atoms with Crippen molar-refractivity contribution < 1.29 is 19.1 Å². The third kappa shape index (κ3) is 5.47. The van der Waals surface area contributed by atoms with E-state index in [1.54, 1.807) is 13.1 Å². The Morgan fingerprint density at radius 1 is 1.12 bits per heavy atom. The number of rotatable bonds is 6. The van der Waals surface area contributed by atoms with E-state index in [1.165, 1.54) is 10.1 Å². The molecule has 0 amide bonds. The lowest BCUT2D eigenvalue weighted by Crippen LogP contribution is -2.27. The Bertz CT molecular complexity index is 1190. The Labute approximate surface area is 200 Å². The average molecular weight is 462 g/mol. The Balaban J connectivity index is 1.60. The summed E-state index contributed by atoms with van der Waals surface area (Å²) >= 11 is 0. The molecule has 0 bridgehead atoms. The van der Waals surface area contributed by atoms with E-state index in [9.17, 15) is 9.59 Å². The first kappa shape index (κ1) is 23.5. The van der Waals surface area contributed by atoms with Crippen LogP contribution in [0.15, 0.2) is 48.7 Å². The summed E-state index contributed by atoms with van der Waals surface area (Å²) in [5.74, 6) is -0.229. The average Bonchev–Trinajstić information content (AvgIpc) is 3.43. The molecule has 2 heterocycles. The van der Waals surface area contributed by atoms with E-state index in [0.29, 0.717) is 12.3 Å². The zero-order valence-electron chi connectivity index (χ0n) is 20.2. The van der Waals surface area contributed by atoms with E-state index in [-0.39, 0.29) is 12.4 Å². The molecule has 0 saturated heterocycles. The van der Waals surface area contributed by atoms with Crippen molar-refractivity contribution in [3.63, 3.8) is 0 Å². The summed E-state index contributed by atoms with van der Waals surface area (Å²) in [6, 6.07) is 13.5. The molecule has 3 aromatic rings. The smallest absolute Gasteiger partial charge is 0.419 e. The third-order valence-electron chi connectivity index (χ3n) is 5.54. The zero-order valence-corrected chi connectivity index (χ0v) is 20.2. The SMILES string of the molecule is CCOC(=O)Cc1ccc(Nc2cc(-c3cccn3C(=O)OC(C)(C)C)nc3c2CCC3)cc1. The van der Waals surface area contributed by atoms with Crippen LogP contribution >= 0.6 is 0 Å². The first-order valence-electron chi connectivity index (χ1n) is 11.7. The first-order valence-corrected chi connectivity index (χ1v) is 11.7. The number of esters is 1. The molecule has 7 nitrogen and oxygen atoms in total. The Morgan fingerprint density at radius 3 is 2.59 bits per heavy atom. The van der Waals surface area contributed by atoms with Gasteiger partial charge in [-0.3, -0.25) is 14.3 Å². The van der Waals surface area contributed by atoms with Crippen LogP contribution in [0.3, 0.4) is 0 Å². The van der Waals surface area contributed by atoms with Crippen LogP contribution in [-0.4, -0.2) is 33.8 Å². The summed E-state index contributed by atoms with van der Waals surface area (Å²) in [4.78, 5) is 29.4. The van der Waals surface area contributed by atoms with Gasteiger partial charge in [0.2, 0.25) is 0 Å². The number of hydrogen-bond acceptors (Lipinski definition) is 6. The molecule has 178 valence electrons. The maximum absolute atomic E-state index is 12.7. The van der Waals surface area contributed by atoms with E-state index < -0.39 is 11.7 Å². The number of nitrogens with zero attached hydrogens (tertiary/aromatic N) is 2. The second-order valence-corrected chi connectivity index (χ2v) is 9.38. The fourth-order valence-electron chi connectivity index (χ4n) is 4.09. The van der Waals surface area contributed by atoms with Crippen LogP contribution in [0.2, 0.25) is 0 Å². The van der Waals surface area contributed by atoms with Crippen molar-refractivity contribution in [2.24, 2.45) is 0 Å². The van der Waals surface area contributed by atoms with Gasteiger partial charge in [-0.05, 0) is 88.4 Å². The molecular weight excluding hydrogens is 430 g/mol. The van der Waals surface area contributed by atoms with E-state index >= 15 is 0 Å². The molecule has 0 unspecified atom stereocenters. The Morgan fingerprint density at radius 2 is 1.88 bits per heavy atom. The minimum atomic E-state index is -0.587. The predicted octanol–water partition coefficient (Wildman–Crippen LogP) is 5.67. The van der Waals surface area contributed by atoms with E-state index in [2.05, 4.69) is 5.32 Å². The molecule has 0 fully saturated rings. The fourth-order valence-corrected chi connectivity index (χ4v) is 4.09. The lowest BCUT2D eigenvalue weighted by atomic mass is 10.1. The van der Waals surface area contributed by atoms with Crippen molar-refractivity contribution in [3.8, 4) is 11.4 Å². The molecule has 1 N–H and O–H groups in total. The number of fused-ring (bicyclic) bond motifs is 1. The molecule has 1 aliphatic rings. The number of carbonyl (C=O) groups is 2. The number of hydrogen-bond donors (Lipinski definition) is 1. The second-order valence-electron chi connectivity index (χ2n) is 9.38. The number of anilines is 2. The highest BCUT2D eigenvalue weighted by atomic mass is 16.6. The normalized spacial score (nSPS) is 12.8. The molecule has 1 aliphatic carbocycles. The van der Waals surface area contributed by atoms with Crippen molar-refractivity contribution in [2.75, 3.05) is 11.9 Å². The first-order chi connectivity index (χ1) is 16.2. The van der Waals surface area contributed by atoms with Gasteiger partial charge in [0.25, 0.3) is 0 Å².